The number of phenolic OH excluding ortho intramolecular Hbond substituents is 2. The Labute approximate surface area is 186 Å². The Kier molecular flexibility index (Phi) is 8.14. The number of sulfone groups is 1. The second kappa shape index (κ2) is 10.6. The van der Waals surface area contributed by atoms with Crippen molar-refractivity contribution in [3.8, 4) is 34.5 Å². The van der Waals surface area contributed by atoms with E-state index in [9.17, 15) is 23.4 Å². The lowest BCUT2D eigenvalue weighted by atomic mass is 10.1. The molecule has 0 aliphatic rings. The van der Waals surface area contributed by atoms with E-state index < -0.39 is 21.4 Å². The Morgan fingerprint density at radius 2 is 1.16 bits per heavy atom. The minimum atomic E-state index is -3.94. The van der Waals surface area contributed by atoms with Crippen LogP contribution in [-0.4, -0.2) is 58.6 Å². The van der Waals surface area contributed by atoms with Gasteiger partial charge in [-0.1, -0.05) is 0 Å². The molecule has 2 aromatic rings. The lowest BCUT2D eigenvalue weighted by molar-refractivity contribution is -0.112. The van der Waals surface area contributed by atoms with Crippen LogP contribution in [-0.2, 0) is 14.6 Å². The van der Waals surface area contributed by atoms with Crippen LogP contribution in [0.5, 0.6) is 34.5 Å². The van der Waals surface area contributed by atoms with Gasteiger partial charge < -0.3 is 29.2 Å². The zero-order valence-corrected chi connectivity index (χ0v) is 18.8. The smallest absolute Gasteiger partial charge is 0.179 e. The molecule has 0 saturated carbocycles. The summed E-state index contributed by atoms with van der Waals surface area (Å²) < 4.78 is 45.5. The Morgan fingerprint density at radius 3 is 1.53 bits per heavy atom. The van der Waals surface area contributed by atoms with Gasteiger partial charge in [-0.25, -0.2) is 8.42 Å². The molecule has 0 aromatic heterocycles. The second-order valence-electron chi connectivity index (χ2n) is 6.44. The molecule has 0 bridgehead atoms. The van der Waals surface area contributed by atoms with Gasteiger partial charge in [-0.2, -0.15) is 0 Å². The van der Waals surface area contributed by atoms with Crippen LogP contribution in [0.2, 0.25) is 0 Å². The fourth-order valence-corrected chi connectivity index (χ4v) is 3.75. The molecule has 32 heavy (non-hydrogen) atoms. The minimum Gasteiger partial charge on any atom is -0.508 e. The third-order valence-corrected chi connectivity index (χ3v) is 5.52. The molecule has 0 amide bonds. The zero-order valence-electron chi connectivity index (χ0n) is 18.0. The number of rotatable bonds is 10. The van der Waals surface area contributed by atoms with Crippen molar-refractivity contribution in [2.45, 2.75) is 0 Å². The molecule has 0 unspecified atom stereocenters. The minimum absolute atomic E-state index is 0.0880. The number of carbonyl (C=O) groups excluding carboxylic acids is 1. The van der Waals surface area contributed by atoms with Crippen molar-refractivity contribution < 1.29 is 42.4 Å². The molecule has 0 aliphatic carbocycles. The summed E-state index contributed by atoms with van der Waals surface area (Å²) >= 11 is 0. The van der Waals surface area contributed by atoms with E-state index in [1.54, 1.807) is 0 Å². The summed E-state index contributed by atoms with van der Waals surface area (Å²) in [6.45, 7) is 0. The molecule has 0 aliphatic heterocycles. The van der Waals surface area contributed by atoms with Crippen LogP contribution in [0.25, 0.3) is 12.2 Å². The topological polar surface area (TPSA) is 129 Å². The summed E-state index contributed by atoms with van der Waals surface area (Å²) in [4.78, 5) is 12.3. The number of phenols is 2. The normalized spacial score (nSPS) is 11.6. The summed E-state index contributed by atoms with van der Waals surface area (Å²) in [6.07, 6.45) is 3.67. The van der Waals surface area contributed by atoms with Gasteiger partial charge in [0, 0.05) is 29.7 Å². The zero-order chi connectivity index (χ0) is 23.9. The lowest BCUT2D eigenvalue weighted by Gasteiger charge is -2.11. The Hall–Kier alpha value is -3.66. The molecule has 2 N–H and O–H groups in total. The van der Waals surface area contributed by atoms with E-state index in [0.717, 1.165) is 11.5 Å². The maximum absolute atomic E-state index is 12.4. The number of aromatic hydroxyl groups is 2. The van der Waals surface area contributed by atoms with Gasteiger partial charge in [0.25, 0.3) is 0 Å². The monoisotopic (exact) mass is 464 g/mol. The first kappa shape index (κ1) is 24.6. The molecular formula is C22H24O9S. The number of hydrogen-bond donors (Lipinski definition) is 2. The highest BCUT2D eigenvalue weighted by atomic mass is 32.2. The number of ether oxygens (including phenoxy) is 4. The number of benzene rings is 2. The summed E-state index contributed by atoms with van der Waals surface area (Å²) in [5.74, 6) is -0.770. The molecule has 0 fully saturated rings. The molecule has 0 atom stereocenters. The lowest BCUT2D eigenvalue weighted by Crippen LogP contribution is -2.11. The molecule has 0 radical (unpaired) electrons. The second-order valence-corrected chi connectivity index (χ2v) is 8.32. The van der Waals surface area contributed by atoms with Crippen molar-refractivity contribution in [2.24, 2.45) is 0 Å². The standard InChI is InChI=1S/C22H24O9S/c1-28-19-9-15(24)10-20(29-2)17(19)6-5-14(23)13-32(26,27)8-7-18-21(30-3)11-16(25)12-22(18)31-4/h5-12,24-25H,13H2,1-4H3/b6-5-,8-7?. The number of carbonyl (C=O) groups is 1. The maximum Gasteiger partial charge on any atom is 0.179 e. The quantitative estimate of drug-likeness (QED) is 0.510. The number of hydrogen-bond acceptors (Lipinski definition) is 9. The fraction of sp³-hybridized carbons (Fsp3) is 0.227. The van der Waals surface area contributed by atoms with Crippen LogP contribution in [0.1, 0.15) is 11.1 Å². The van der Waals surface area contributed by atoms with Crippen LogP contribution in [0.15, 0.2) is 35.7 Å². The van der Waals surface area contributed by atoms with Gasteiger partial charge >= 0.3 is 0 Å². The summed E-state index contributed by atoms with van der Waals surface area (Å²) in [7, 11) is 1.55. The molecule has 2 rings (SSSR count). The van der Waals surface area contributed by atoms with Crippen molar-refractivity contribution in [3.05, 3.63) is 46.9 Å². The largest absolute Gasteiger partial charge is 0.508 e. The molecule has 9 nitrogen and oxygen atoms in total. The summed E-state index contributed by atoms with van der Waals surface area (Å²) in [5, 5.41) is 20.2. The van der Waals surface area contributed by atoms with E-state index in [0.29, 0.717) is 5.56 Å². The molecular weight excluding hydrogens is 440 g/mol. The number of allylic oxidation sites excluding steroid dienone is 1. The first-order chi connectivity index (χ1) is 15.1. The molecule has 0 saturated heterocycles. The van der Waals surface area contributed by atoms with Crippen molar-refractivity contribution in [2.75, 3.05) is 34.2 Å². The van der Waals surface area contributed by atoms with Gasteiger partial charge in [-0.3, -0.25) is 4.79 Å². The van der Waals surface area contributed by atoms with E-state index in [4.69, 9.17) is 18.9 Å². The third-order valence-electron chi connectivity index (χ3n) is 4.28. The average Bonchev–Trinajstić information content (AvgIpc) is 2.75. The van der Waals surface area contributed by atoms with E-state index in [2.05, 4.69) is 0 Å². The molecule has 0 spiro atoms. The van der Waals surface area contributed by atoms with Gasteiger partial charge in [0.15, 0.2) is 15.6 Å². The van der Waals surface area contributed by atoms with Crippen LogP contribution in [0.3, 0.4) is 0 Å². The van der Waals surface area contributed by atoms with E-state index in [1.165, 1.54) is 64.9 Å². The predicted molar refractivity (Wildman–Crippen MR) is 119 cm³/mol. The third kappa shape index (κ3) is 6.17. The van der Waals surface area contributed by atoms with Crippen molar-refractivity contribution in [1.29, 1.82) is 0 Å². The highest BCUT2D eigenvalue weighted by Crippen LogP contribution is 2.35. The number of ketones is 1. The molecule has 10 heteroatoms. The maximum atomic E-state index is 12.4. The van der Waals surface area contributed by atoms with Gasteiger partial charge in [-0.15, -0.1) is 0 Å². The van der Waals surface area contributed by atoms with Crippen LogP contribution >= 0.6 is 0 Å². The van der Waals surface area contributed by atoms with Crippen LogP contribution < -0.4 is 18.9 Å². The molecule has 172 valence electrons. The predicted octanol–water partition coefficient (Wildman–Crippen LogP) is 2.80. The molecule has 2 aromatic carbocycles. The van der Waals surface area contributed by atoms with Gasteiger partial charge in [-0.05, 0) is 18.2 Å². The van der Waals surface area contributed by atoms with Crippen molar-refractivity contribution in [3.63, 3.8) is 0 Å². The SMILES string of the molecule is COc1cc(O)cc(OC)c1C=CS(=O)(=O)CC(=O)/C=C\c1c(OC)cc(O)cc1OC. The summed E-state index contributed by atoms with van der Waals surface area (Å²) in [6, 6.07) is 5.29. The summed E-state index contributed by atoms with van der Waals surface area (Å²) in [5.41, 5.74) is 0.658. The van der Waals surface area contributed by atoms with E-state index >= 15 is 0 Å². The Balaban J connectivity index is 2.25. The van der Waals surface area contributed by atoms with Crippen molar-refractivity contribution in [1.82, 2.24) is 0 Å². The highest BCUT2D eigenvalue weighted by Gasteiger charge is 2.16. The first-order valence-electron chi connectivity index (χ1n) is 9.15. The Morgan fingerprint density at radius 1 is 0.781 bits per heavy atom. The van der Waals surface area contributed by atoms with Crippen LogP contribution in [0, 0.1) is 0 Å². The molecule has 0 heterocycles. The average molecular weight is 464 g/mol. The van der Waals surface area contributed by atoms with Gasteiger partial charge in [0.05, 0.1) is 39.6 Å². The first-order valence-corrected chi connectivity index (χ1v) is 10.9. The Bertz CT molecular complexity index is 1100. The van der Waals surface area contributed by atoms with E-state index in [1.807, 2.05) is 0 Å². The highest BCUT2D eigenvalue weighted by molar-refractivity contribution is 7.95. The fourth-order valence-electron chi connectivity index (χ4n) is 2.82. The number of methoxy groups -OCH3 is 4. The van der Waals surface area contributed by atoms with Crippen LogP contribution in [0.4, 0.5) is 0 Å². The van der Waals surface area contributed by atoms with Gasteiger partial charge in [0.1, 0.15) is 40.2 Å². The van der Waals surface area contributed by atoms with Gasteiger partial charge in [0.2, 0.25) is 0 Å². The van der Waals surface area contributed by atoms with Crippen molar-refractivity contribution >= 4 is 27.8 Å². The van der Waals surface area contributed by atoms with E-state index in [-0.39, 0.29) is 40.1 Å².